The summed E-state index contributed by atoms with van der Waals surface area (Å²) < 4.78 is 1.73. The van der Waals surface area contributed by atoms with E-state index in [0.29, 0.717) is 17.4 Å². The van der Waals surface area contributed by atoms with Gasteiger partial charge in [-0.15, -0.1) is 11.3 Å². The zero-order valence-corrected chi connectivity index (χ0v) is 11.1. The zero-order valence-electron chi connectivity index (χ0n) is 10.3. The maximum atomic E-state index is 11.7. The van der Waals surface area contributed by atoms with Crippen LogP contribution in [0.4, 0.5) is 5.13 Å². The minimum absolute atomic E-state index is 0.0662. The molecule has 0 aliphatic rings. The number of nitrogen functional groups attached to an aromatic ring is 1. The predicted octanol–water partition coefficient (Wildman–Crippen LogP) is 0.626. The number of carbonyl (C=O) groups excluding carboxylic acids is 1. The van der Waals surface area contributed by atoms with E-state index >= 15 is 0 Å². The molecule has 0 saturated heterocycles. The number of anilines is 1. The summed E-state index contributed by atoms with van der Waals surface area (Å²) in [4.78, 5) is 15.7. The Morgan fingerprint density at radius 2 is 2.39 bits per heavy atom. The van der Waals surface area contributed by atoms with Crippen molar-refractivity contribution in [2.24, 2.45) is 7.05 Å². The number of nitrogens with two attached hydrogens (primary N) is 1. The molecule has 2 heterocycles. The van der Waals surface area contributed by atoms with Gasteiger partial charge in [-0.1, -0.05) is 0 Å². The van der Waals surface area contributed by atoms with Crippen LogP contribution in [0, 0.1) is 6.92 Å². The van der Waals surface area contributed by atoms with Crippen LogP contribution in [0.15, 0.2) is 11.6 Å². The zero-order chi connectivity index (χ0) is 13.1. The van der Waals surface area contributed by atoms with Gasteiger partial charge in [0.05, 0.1) is 17.8 Å². The molecule has 0 spiro atoms. The van der Waals surface area contributed by atoms with E-state index in [0.717, 1.165) is 11.3 Å². The number of hydrogen-bond acceptors (Lipinski definition) is 5. The van der Waals surface area contributed by atoms with Crippen LogP contribution < -0.4 is 11.1 Å². The van der Waals surface area contributed by atoms with Crippen LogP contribution in [-0.2, 0) is 24.8 Å². The summed E-state index contributed by atoms with van der Waals surface area (Å²) in [6.45, 7) is 2.40. The molecule has 2 rings (SSSR count). The van der Waals surface area contributed by atoms with Gasteiger partial charge in [-0.3, -0.25) is 9.48 Å². The number of rotatable bonds is 4. The molecule has 6 nitrogen and oxygen atoms in total. The summed E-state index contributed by atoms with van der Waals surface area (Å²) in [5, 5.41) is 9.34. The van der Waals surface area contributed by atoms with Gasteiger partial charge in [-0.2, -0.15) is 5.10 Å². The van der Waals surface area contributed by atoms with Crippen molar-refractivity contribution in [3.8, 4) is 0 Å². The molecule has 1 amide bonds. The minimum atomic E-state index is -0.0662. The second kappa shape index (κ2) is 5.18. The molecule has 0 unspecified atom stereocenters. The standard InChI is InChI=1S/C11H15N5OS/c1-7-8(5-16(2)15-7)4-13-10(17)3-9-6-18-11(12)14-9/h5-6H,3-4H2,1-2H3,(H2,12,14)(H,13,17). The van der Waals surface area contributed by atoms with Crippen molar-refractivity contribution in [1.29, 1.82) is 0 Å². The third-order valence-electron chi connectivity index (χ3n) is 2.50. The summed E-state index contributed by atoms with van der Waals surface area (Å²) in [6, 6.07) is 0. The van der Waals surface area contributed by atoms with Crippen molar-refractivity contribution in [1.82, 2.24) is 20.1 Å². The Hall–Kier alpha value is -1.89. The van der Waals surface area contributed by atoms with Crippen LogP contribution >= 0.6 is 11.3 Å². The largest absolute Gasteiger partial charge is 0.375 e. The average Bonchev–Trinajstić information content (AvgIpc) is 2.82. The number of amides is 1. The van der Waals surface area contributed by atoms with Gasteiger partial charge in [-0.05, 0) is 6.92 Å². The highest BCUT2D eigenvalue weighted by molar-refractivity contribution is 7.13. The molecule has 7 heteroatoms. The molecular formula is C11H15N5OS. The van der Waals surface area contributed by atoms with Crippen LogP contribution in [0.5, 0.6) is 0 Å². The second-order valence-corrected chi connectivity index (χ2v) is 4.93. The van der Waals surface area contributed by atoms with E-state index in [1.54, 1.807) is 10.1 Å². The molecule has 2 aromatic rings. The molecule has 2 aromatic heterocycles. The van der Waals surface area contributed by atoms with Crippen molar-refractivity contribution in [2.75, 3.05) is 5.73 Å². The first-order chi connectivity index (χ1) is 8.54. The van der Waals surface area contributed by atoms with E-state index in [-0.39, 0.29) is 12.3 Å². The lowest BCUT2D eigenvalue weighted by Gasteiger charge is -2.02. The lowest BCUT2D eigenvalue weighted by Crippen LogP contribution is -2.24. The first-order valence-electron chi connectivity index (χ1n) is 5.50. The minimum Gasteiger partial charge on any atom is -0.375 e. The van der Waals surface area contributed by atoms with Gasteiger partial charge in [0.25, 0.3) is 0 Å². The summed E-state index contributed by atoms with van der Waals surface area (Å²) >= 11 is 1.34. The van der Waals surface area contributed by atoms with Gasteiger partial charge < -0.3 is 11.1 Å². The van der Waals surface area contributed by atoms with Crippen molar-refractivity contribution >= 4 is 22.4 Å². The number of nitrogens with one attached hydrogen (secondary N) is 1. The van der Waals surface area contributed by atoms with Crippen LogP contribution in [0.1, 0.15) is 17.0 Å². The highest BCUT2D eigenvalue weighted by Gasteiger charge is 2.08. The summed E-state index contributed by atoms with van der Waals surface area (Å²) in [5.41, 5.74) is 8.16. The maximum absolute atomic E-state index is 11.7. The number of carbonyl (C=O) groups is 1. The Kier molecular flexibility index (Phi) is 3.61. The van der Waals surface area contributed by atoms with Crippen LogP contribution in [-0.4, -0.2) is 20.7 Å². The van der Waals surface area contributed by atoms with Crippen molar-refractivity contribution < 1.29 is 4.79 Å². The van der Waals surface area contributed by atoms with E-state index in [1.807, 2.05) is 20.2 Å². The molecule has 0 aromatic carbocycles. The third kappa shape index (κ3) is 3.07. The normalized spacial score (nSPS) is 10.6. The molecule has 0 fully saturated rings. The van der Waals surface area contributed by atoms with Gasteiger partial charge in [0.15, 0.2) is 5.13 Å². The Balaban J connectivity index is 1.87. The quantitative estimate of drug-likeness (QED) is 0.849. The molecule has 0 radical (unpaired) electrons. The molecule has 0 aliphatic carbocycles. The summed E-state index contributed by atoms with van der Waals surface area (Å²) in [5.74, 6) is -0.0662. The number of aryl methyl sites for hydroxylation is 2. The first kappa shape index (κ1) is 12.6. The van der Waals surface area contributed by atoms with Crippen molar-refractivity contribution in [2.45, 2.75) is 19.9 Å². The highest BCUT2D eigenvalue weighted by Crippen LogP contribution is 2.11. The fourth-order valence-corrected chi connectivity index (χ4v) is 2.21. The van der Waals surface area contributed by atoms with Crippen molar-refractivity contribution in [3.63, 3.8) is 0 Å². The summed E-state index contributed by atoms with van der Waals surface area (Å²) in [7, 11) is 1.86. The lowest BCUT2D eigenvalue weighted by atomic mass is 10.2. The number of thiazole rings is 1. The fourth-order valence-electron chi connectivity index (χ4n) is 1.65. The van der Waals surface area contributed by atoms with Gasteiger partial charge in [0.2, 0.25) is 5.91 Å². The number of nitrogens with zero attached hydrogens (tertiary/aromatic N) is 3. The Morgan fingerprint density at radius 3 is 2.94 bits per heavy atom. The van der Waals surface area contributed by atoms with E-state index in [9.17, 15) is 4.79 Å². The molecular weight excluding hydrogens is 250 g/mol. The van der Waals surface area contributed by atoms with Gasteiger partial charge in [0.1, 0.15) is 0 Å². The molecule has 0 aliphatic heterocycles. The average molecular weight is 265 g/mol. The van der Waals surface area contributed by atoms with E-state index in [2.05, 4.69) is 15.4 Å². The molecule has 96 valence electrons. The van der Waals surface area contributed by atoms with E-state index < -0.39 is 0 Å². The van der Waals surface area contributed by atoms with Crippen LogP contribution in [0.2, 0.25) is 0 Å². The lowest BCUT2D eigenvalue weighted by molar-refractivity contribution is -0.120. The second-order valence-electron chi connectivity index (χ2n) is 4.04. The third-order valence-corrected chi connectivity index (χ3v) is 3.23. The fraction of sp³-hybridized carbons (Fsp3) is 0.364. The Morgan fingerprint density at radius 1 is 1.61 bits per heavy atom. The maximum Gasteiger partial charge on any atom is 0.226 e. The number of aromatic nitrogens is 3. The number of hydrogen-bond donors (Lipinski definition) is 2. The molecule has 18 heavy (non-hydrogen) atoms. The monoisotopic (exact) mass is 265 g/mol. The Bertz CT molecular complexity index is 560. The van der Waals surface area contributed by atoms with Gasteiger partial charge >= 0.3 is 0 Å². The van der Waals surface area contributed by atoms with Gasteiger partial charge in [0, 0.05) is 30.7 Å². The molecule has 0 atom stereocenters. The highest BCUT2D eigenvalue weighted by atomic mass is 32.1. The SMILES string of the molecule is Cc1nn(C)cc1CNC(=O)Cc1csc(N)n1. The predicted molar refractivity (Wildman–Crippen MR) is 70.0 cm³/mol. The summed E-state index contributed by atoms with van der Waals surface area (Å²) in [6.07, 6.45) is 2.16. The van der Waals surface area contributed by atoms with Gasteiger partial charge in [-0.25, -0.2) is 4.98 Å². The molecule has 0 bridgehead atoms. The first-order valence-corrected chi connectivity index (χ1v) is 6.38. The van der Waals surface area contributed by atoms with Crippen LogP contribution in [0.3, 0.4) is 0 Å². The van der Waals surface area contributed by atoms with E-state index in [4.69, 9.17) is 5.73 Å². The molecule has 0 saturated carbocycles. The smallest absolute Gasteiger partial charge is 0.226 e. The Labute approximate surface area is 109 Å². The topological polar surface area (TPSA) is 85.8 Å². The van der Waals surface area contributed by atoms with E-state index in [1.165, 1.54) is 11.3 Å². The molecule has 3 N–H and O–H groups in total. The van der Waals surface area contributed by atoms with Crippen LogP contribution in [0.25, 0.3) is 0 Å². The van der Waals surface area contributed by atoms with Crippen molar-refractivity contribution in [3.05, 3.63) is 28.5 Å².